The van der Waals surface area contributed by atoms with E-state index < -0.39 is 0 Å². The van der Waals surface area contributed by atoms with Crippen LogP contribution >= 0.6 is 11.8 Å². The van der Waals surface area contributed by atoms with Crippen LogP contribution in [0.15, 0.2) is 18.2 Å². The summed E-state index contributed by atoms with van der Waals surface area (Å²) in [6.45, 7) is 2.78. The number of rotatable bonds is 4. The van der Waals surface area contributed by atoms with E-state index in [1.165, 1.54) is 12.2 Å². The maximum Gasteiger partial charge on any atom is 0.292 e. The highest BCUT2D eigenvalue weighted by Gasteiger charge is 2.18. The van der Waals surface area contributed by atoms with Crippen molar-refractivity contribution in [1.29, 1.82) is 0 Å². The molecule has 4 nitrogen and oxygen atoms in total. The summed E-state index contributed by atoms with van der Waals surface area (Å²) < 4.78 is 0. The molecule has 2 rings (SSSR count). The molecule has 1 heterocycles. The van der Waals surface area contributed by atoms with Gasteiger partial charge in [-0.15, -0.1) is 0 Å². The number of hydrogen-bond acceptors (Lipinski definition) is 4. The van der Waals surface area contributed by atoms with Crippen LogP contribution in [0, 0.1) is 23.0 Å². The summed E-state index contributed by atoms with van der Waals surface area (Å²) in [4.78, 5) is 10.6. The van der Waals surface area contributed by atoms with E-state index in [0.29, 0.717) is 11.6 Å². The van der Waals surface area contributed by atoms with Crippen molar-refractivity contribution in [3.8, 4) is 0 Å². The van der Waals surface area contributed by atoms with Crippen LogP contribution in [0.4, 0.5) is 11.4 Å². The first kappa shape index (κ1) is 12.2. The van der Waals surface area contributed by atoms with Gasteiger partial charge in [-0.3, -0.25) is 10.1 Å². The second-order valence-electron chi connectivity index (χ2n) is 4.39. The highest BCUT2D eigenvalue weighted by atomic mass is 32.2. The van der Waals surface area contributed by atoms with Gasteiger partial charge in [-0.25, -0.2) is 0 Å². The van der Waals surface area contributed by atoms with Crippen molar-refractivity contribution in [3.63, 3.8) is 0 Å². The highest BCUT2D eigenvalue weighted by molar-refractivity contribution is 7.99. The normalized spacial score (nSPS) is 19.2. The first-order valence-electron chi connectivity index (χ1n) is 5.73. The molecule has 0 aromatic heterocycles. The van der Waals surface area contributed by atoms with Crippen molar-refractivity contribution in [2.75, 3.05) is 23.4 Å². The van der Waals surface area contributed by atoms with Crippen LogP contribution in [0.1, 0.15) is 12.0 Å². The summed E-state index contributed by atoms with van der Waals surface area (Å²) in [5.41, 5.74) is 1.85. The van der Waals surface area contributed by atoms with E-state index in [-0.39, 0.29) is 10.6 Å². The number of benzene rings is 1. The molecule has 1 aromatic rings. The third kappa shape index (κ3) is 3.12. The van der Waals surface area contributed by atoms with E-state index in [9.17, 15) is 10.1 Å². The molecule has 1 atom stereocenters. The van der Waals surface area contributed by atoms with Gasteiger partial charge in [0.05, 0.1) is 4.92 Å². The summed E-state index contributed by atoms with van der Waals surface area (Å²) >= 11 is 1.96. The Labute approximate surface area is 105 Å². The minimum atomic E-state index is -0.328. The van der Waals surface area contributed by atoms with Crippen LogP contribution in [-0.2, 0) is 0 Å². The number of anilines is 1. The molecule has 1 aromatic carbocycles. The Bertz CT molecular complexity index is 417. The lowest BCUT2D eigenvalue weighted by molar-refractivity contribution is -0.384. The van der Waals surface area contributed by atoms with Crippen molar-refractivity contribution in [2.45, 2.75) is 13.3 Å². The molecule has 1 fully saturated rings. The summed E-state index contributed by atoms with van der Waals surface area (Å²) in [6, 6.07) is 5.19. The minimum Gasteiger partial charge on any atom is -0.379 e. The lowest BCUT2D eigenvalue weighted by Crippen LogP contribution is -2.14. The molecule has 0 amide bonds. The molecule has 0 saturated carbocycles. The number of nitrogens with zero attached hydrogens (tertiary/aromatic N) is 1. The first-order chi connectivity index (χ1) is 8.16. The fourth-order valence-electron chi connectivity index (χ4n) is 1.95. The average Bonchev–Trinajstić information content (AvgIpc) is 2.78. The van der Waals surface area contributed by atoms with Crippen LogP contribution in [0.5, 0.6) is 0 Å². The second-order valence-corrected chi connectivity index (χ2v) is 5.54. The standard InChI is InChI=1S/C12H16N2O2S/c1-9-2-3-12(14(15)16)11(6-9)13-7-10-4-5-17-8-10/h2-3,6,10,13H,4-5,7-8H2,1H3. The van der Waals surface area contributed by atoms with Crippen LogP contribution in [0.3, 0.4) is 0 Å². The number of thioether (sulfide) groups is 1. The summed E-state index contributed by atoms with van der Waals surface area (Å²) in [6.07, 6.45) is 1.21. The molecular weight excluding hydrogens is 236 g/mol. The highest BCUT2D eigenvalue weighted by Crippen LogP contribution is 2.28. The first-order valence-corrected chi connectivity index (χ1v) is 6.89. The van der Waals surface area contributed by atoms with Gasteiger partial charge < -0.3 is 5.32 Å². The molecule has 1 saturated heterocycles. The number of nitrogens with one attached hydrogen (secondary N) is 1. The Hall–Kier alpha value is -1.23. The molecule has 0 radical (unpaired) electrons. The SMILES string of the molecule is Cc1ccc([N+](=O)[O-])c(NCC2CCSC2)c1. The summed E-state index contributed by atoms with van der Waals surface area (Å²) in [5, 5.41) is 14.1. The Morgan fingerprint density at radius 1 is 1.59 bits per heavy atom. The molecule has 0 spiro atoms. The predicted octanol–water partition coefficient (Wildman–Crippen LogP) is 3.07. The van der Waals surface area contributed by atoms with E-state index >= 15 is 0 Å². The fraction of sp³-hybridized carbons (Fsp3) is 0.500. The maximum absolute atomic E-state index is 10.9. The van der Waals surface area contributed by atoms with Crippen LogP contribution in [0.25, 0.3) is 0 Å². The largest absolute Gasteiger partial charge is 0.379 e. The van der Waals surface area contributed by atoms with Crippen molar-refractivity contribution in [1.82, 2.24) is 0 Å². The zero-order valence-electron chi connectivity index (χ0n) is 9.81. The van der Waals surface area contributed by atoms with Crippen molar-refractivity contribution in [3.05, 3.63) is 33.9 Å². The number of hydrogen-bond donors (Lipinski definition) is 1. The molecule has 1 aliphatic rings. The zero-order chi connectivity index (χ0) is 12.3. The van der Waals surface area contributed by atoms with Gasteiger partial charge in [0, 0.05) is 12.6 Å². The van der Waals surface area contributed by atoms with Crippen molar-refractivity contribution in [2.24, 2.45) is 5.92 Å². The van der Waals surface area contributed by atoms with Gasteiger partial charge in [-0.1, -0.05) is 6.07 Å². The van der Waals surface area contributed by atoms with E-state index in [1.807, 2.05) is 24.8 Å². The fourth-order valence-corrected chi connectivity index (χ4v) is 3.23. The Kier molecular flexibility index (Phi) is 3.89. The monoisotopic (exact) mass is 252 g/mol. The molecule has 17 heavy (non-hydrogen) atoms. The Balaban J connectivity index is 2.07. The van der Waals surface area contributed by atoms with Crippen LogP contribution < -0.4 is 5.32 Å². The summed E-state index contributed by atoms with van der Waals surface area (Å²) in [5.74, 6) is 3.01. The topological polar surface area (TPSA) is 55.2 Å². The molecular formula is C12H16N2O2S. The number of aryl methyl sites for hydroxylation is 1. The van der Waals surface area contributed by atoms with Gasteiger partial charge in [-0.05, 0) is 42.4 Å². The molecule has 0 aliphatic carbocycles. The third-order valence-electron chi connectivity index (χ3n) is 2.95. The lowest BCUT2D eigenvalue weighted by atomic mass is 10.1. The molecule has 1 N–H and O–H groups in total. The van der Waals surface area contributed by atoms with E-state index in [2.05, 4.69) is 5.32 Å². The molecule has 1 aliphatic heterocycles. The maximum atomic E-state index is 10.9. The molecule has 0 bridgehead atoms. The van der Waals surface area contributed by atoms with E-state index in [0.717, 1.165) is 17.9 Å². The van der Waals surface area contributed by atoms with E-state index in [1.54, 1.807) is 12.1 Å². The van der Waals surface area contributed by atoms with Gasteiger partial charge in [0.15, 0.2) is 0 Å². The van der Waals surface area contributed by atoms with Crippen LogP contribution in [-0.4, -0.2) is 23.0 Å². The quantitative estimate of drug-likeness (QED) is 0.661. The number of nitro groups is 1. The molecule has 1 unspecified atom stereocenters. The zero-order valence-corrected chi connectivity index (χ0v) is 10.6. The Morgan fingerprint density at radius 2 is 2.41 bits per heavy atom. The molecule has 5 heteroatoms. The average molecular weight is 252 g/mol. The van der Waals surface area contributed by atoms with E-state index in [4.69, 9.17) is 0 Å². The number of nitro benzene ring substituents is 1. The second kappa shape index (κ2) is 5.40. The summed E-state index contributed by atoms with van der Waals surface area (Å²) in [7, 11) is 0. The van der Waals surface area contributed by atoms with Crippen LogP contribution in [0.2, 0.25) is 0 Å². The third-order valence-corrected chi connectivity index (χ3v) is 4.19. The Morgan fingerprint density at radius 3 is 3.06 bits per heavy atom. The minimum absolute atomic E-state index is 0.168. The van der Waals surface area contributed by atoms with Gasteiger partial charge >= 0.3 is 0 Å². The van der Waals surface area contributed by atoms with Gasteiger partial charge in [0.2, 0.25) is 0 Å². The van der Waals surface area contributed by atoms with Crippen molar-refractivity contribution >= 4 is 23.1 Å². The van der Waals surface area contributed by atoms with Gasteiger partial charge in [-0.2, -0.15) is 11.8 Å². The smallest absolute Gasteiger partial charge is 0.292 e. The van der Waals surface area contributed by atoms with Crippen molar-refractivity contribution < 1.29 is 4.92 Å². The molecule has 92 valence electrons. The predicted molar refractivity (Wildman–Crippen MR) is 71.8 cm³/mol. The van der Waals surface area contributed by atoms with Gasteiger partial charge in [0.25, 0.3) is 5.69 Å². The van der Waals surface area contributed by atoms with Gasteiger partial charge in [0.1, 0.15) is 5.69 Å². The lowest BCUT2D eigenvalue weighted by Gasteiger charge is -2.11.